The molecule has 3 fully saturated rings. The fraction of sp³-hybridized carbons (Fsp3) is 0.519. The van der Waals surface area contributed by atoms with Crippen molar-refractivity contribution >= 4 is 23.4 Å². The molecule has 180 valence electrons. The summed E-state index contributed by atoms with van der Waals surface area (Å²) in [6.45, 7) is 4.22. The molecule has 2 amide bonds. The molecule has 1 aliphatic carbocycles. The first-order valence-corrected chi connectivity index (χ1v) is 12.9. The monoisotopic (exact) mass is 480 g/mol. The van der Waals surface area contributed by atoms with Gasteiger partial charge in [-0.3, -0.25) is 14.6 Å². The molecule has 3 heterocycles. The standard InChI is InChI=1S/C27H33ClN4O2/c28-23-5-1-4-22(17-23)24(30-25(33)21-6-7-21)8-13-31-14-9-27(10-15-31)11-16-32(26(27)34)19-20-3-2-12-29-18-20/h1-5,12,17-18,21,24H,6-11,13-16,19H2,(H,30,33). The van der Waals surface area contributed by atoms with Gasteiger partial charge in [-0.2, -0.15) is 0 Å². The first-order chi connectivity index (χ1) is 16.5. The Morgan fingerprint density at radius 2 is 1.94 bits per heavy atom. The van der Waals surface area contributed by atoms with Gasteiger partial charge in [0.05, 0.1) is 11.5 Å². The lowest BCUT2D eigenvalue weighted by atomic mass is 9.77. The predicted octanol–water partition coefficient (Wildman–Crippen LogP) is 4.21. The molecular formula is C27H33ClN4O2. The SMILES string of the molecule is O=C(NC(CCN1CCC2(CC1)CCN(Cc1cccnc1)C2=O)c1cccc(Cl)c1)C1CC1. The topological polar surface area (TPSA) is 65.5 Å². The van der Waals surface area contributed by atoms with Crippen molar-refractivity contribution in [1.29, 1.82) is 0 Å². The Bertz CT molecular complexity index is 1020. The molecule has 3 aliphatic rings. The van der Waals surface area contributed by atoms with Crippen molar-refractivity contribution in [2.24, 2.45) is 11.3 Å². The van der Waals surface area contributed by atoms with E-state index in [1.165, 1.54) is 0 Å². The van der Waals surface area contributed by atoms with E-state index in [9.17, 15) is 9.59 Å². The highest BCUT2D eigenvalue weighted by Gasteiger charge is 2.47. The van der Waals surface area contributed by atoms with Gasteiger partial charge in [0.2, 0.25) is 11.8 Å². The van der Waals surface area contributed by atoms with Gasteiger partial charge in [-0.1, -0.05) is 29.8 Å². The fourth-order valence-electron chi connectivity index (χ4n) is 5.42. The van der Waals surface area contributed by atoms with E-state index in [1.54, 1.807) is 6.20 Å². The predicted molar refractivity (Wildman–Crippen MR) is 132 cm³/mol. The van der Waals surface area contributed by atoms with E-state index in [0.29, 0.717) is 17.5 Å². The molecule has 1 saturated carbocycles. The molecule has 2 aliphatic heterocycles. The van der Waals surface area contributed by atoms with Crippen molar-refractivity contribution in [2.75, 3.05) is 26.2 Å². The van der Waals surface area contributed by atoms with Gasteiger partial charge < -0.3 is 15.1 Å². The average molecular weight is 481 g/mol. The number of amides is 2. The Labute approximate surface area is 206 Å². The normalized spacial score (nSPS) is 21.1. The van der Waals surface area contributed by atoms with Gasteiger partial charge >= 0.3 is 0 Å². The Hall–Kier alpha value is -2.44. The lowest BCUT2D eigenvalue weighted by Gasteiger charge is -2.38. The molecule has 1 atom stereocenters. The third-order valence-electron chi connectivity index (χ3n) is 7.76. The third kappa shape index (κ3) is 5.28. The molecule has 1 N–H and O–H groups in total. The van der Waals surface area contributed by atoms with Crippen molar-refractivity contribution in [3.63, 3.8) is 0 Å². The molecule has 2 saturated heterocycles. The summed E-state index contributed by atoms with van der Waals surface area (Å²) in [5, 5.41) is 3.95. The van der Waals surface area contributed by atoms with Crippen molar-refractivity contribution in [3.05, 3.63) is 64.9 Å². The van der Waals surface area contributed by atoms with Crippen molar-refractivity contribution in [2.45, 2.75) is 51.1 Å². The maximum atomic E-state index is 13.3. The second kappa shape index (κ2) is 10.0. The van der Waals surface area contributed by atoms with E-state index in [1.807, 2.05) is 47.5 Å². The van der Waals surface area contributed by atoms with Crippen LogP contribution >= 0.6 is 11.6 Å². The molecule has 6 nitrogen and oxygen atoms in total. The number of rotatable bonds is 8. The van der Waals surface area contributed by atoms with E-state index >= 15 is 0 Å². The third-order valence-corrected chi connectivity index (χ3v) is 8.00. The Kier molecular flexibility index (Phi) is 6.89. The Balaban J connectivity index is 1.16. The van der Waals surface area contributed by atoms with Gasteiger partial charge in [0.25, 0.3) is 0 Å². The smallest absolute Gasteiger partial charge is 0.229 e. The number of likely N-dealkylation sites (tertiary alicyclic amines) is 2. The number of hydrogen-bond acceptors (Lipinski definition) is 4. The van der Waals surface area contributed by atoms with Crippen LogP contribution in [0.5, 0.6) is 0 Å². The second-order valence-electron chi connectivity index (χ2n) is 10.1. The second-order valence-corrected chi connectivity index (χ2v) is 10.6. The van der Waals surface area contributed by atoms with Crippen LogP contribution in [-0.4, -0.2) is 52.8 Å². The number of carbonyl (C=O) groups is 2. The van der Waals surface area contributed by atoms with Crippen molar-refractivity contribution in [3.8, 4) is 0 Å². The number of hydrogen-bond donors (Lipinski definition) is 1. The lowest BCUT2D eigenvalue weighted by Crippen LogP contribution is -2.45. The highest BCUT2D eigenvalue weighted by molar-refractivity contribution is 6.30. The fourth-order valence-corrected chi connectivity index (χ4v) is 5.62. The first-order valence-electron chi connectivity index (χ1n) is 12.5. The first kappa shape index (κ1) is 23.3. The Morgan fingerprint density at radius 3 is 2.65 bits per heavy atom. The van der Waals surface area contributed by atoms with Crippen LogP contribution in [0.25, 0.3) is 0 Å². The summed E-state index contributed by atoms with van der Waals surface area (Å²) in [5.74, 6) is 0.650. The van der Waals surface area contributed by atoms with Crippen LogP contribution in [0, 0.1) is 11.3 Å². The molecule has 1 aromatic heterocycles. The molecule has 0 bridgehead atoms. The molecule has 0 radical (unpaired) electrons. The number of carbonyl (C=O) groups excluding carboxylic acids is 2. The number of pyridine rings is 1. The largest absolute Gasteiger partial charge is 0.349 e. The molecule has 5 rings (SSSR count). The average Bonchev–Trinajstić information content (AvgIpc) is 3.67. The summed E-state index contributed by atoms with van der Waals surface area (Å²) in [6.07, 6.45) is 9.20. The van der Waals surface area contributed by atoms with Crippen LogP contribution < -0.4 is 5.32 Å². The van der Waals surface area contributed by atoms with Crippen LogP contribution in [0.3, 0.4) is 0 Å². The minimum atomic E-state index is -0.203. The summed E-state index contributed by atoms with van der Waals surface area (Å²) in [6, 6.07) is 11.7. The maximum absolute atomic E-state index is 13.3. The van der Waals surface area contributed by atoms with Gasteiger partial charge in [0.15, 0.2) is 0 Å². The van der Waals surface area contributed by atoms with Crippen molar-refractivity contribution in [1.82, 2.24) is 20.1 Å². The summed E-state index contributed by atoms with van der Waals surface area (Å²) in [4.78, 5) is 34.4. The van der Waals surface area contributed by atoms with E-state index in [2.05, 4.69) is 15.2 Å². The zero-order valence-corrected chi connectivity index (χ0v) is 20.3. The molecule has 1 aromatic carbocycles. The lowest BCUT2D eigenvalue weighted by molar-refractivity contribution is -0.139. The van der Waals surface area contributed by atoms with Crippen LogP contribution in [0.15, 0.2) is 48.8 Å². The van der Waals surface area contributed by atoms with Gasteiger partial charge in [-0.05, 0) is 80.9 Å². The zero-order chi connectivity index (χ0) is 23.5. The van der Waals surface area contributed by atoms with Gasteiger partial charge in [-0.25, -0.2) is 0 Å². The number of halogens is 1. The number of benzene rings is 1. The number of nitrogens with zero attached hydrogens (tertiary/aromatic N) is 3. The molecule has 1 unspecified atom stereocenters. The summed E-state index contributed by atoms with van der Waals surface area (Å²) in [7, 11) is 0. The minimum absolute atomic E-state index is 0.0363. The summed E-state index contributed by atoms with van der Waals surface area (Å²) >= 11 is 6.23. The van der Waals surface area contributed by atoms with E-state index in [0.717, 1.165) is 75.8 Å². The van der Waals surface area contributed by atoms with E-state index in [4.69, 9.17) is 11.6 Å². The minimum Gasteiger partial charge on any atom is -0.349 e. The van der Waals surface area contributed by atoms with E-state index in [-0.39, 0.29) is 23.3 Å². The quantitative estimate of drug-likeness (QED) is 0.614. The molecular weight excluding hydrogens is 448 g/mol. The number of aromatic nitrogens is 1. The maximum Gasteiger partial charge on any atom is 0.229 e. The zero-order valence-electron chi connectivity index (χ0n) is 19.6. The Morgan fingerprint density at radius 1 is 1.15 bits per heavy atom. The van der Waals surface area contributed by atoms with Crippen LogP contribution in [0.2, 0.25) is 5.02 Å². The molecule has 1 spiro atoms. The highest BCUT2D eigenvalue weighted by Crippen LogP contribution is 2.42. The van der Waals surface area contributed by atoms with Crippen molar-refractivity contribution < 1.29 is 9.59 Å². The summed E-state index contributed by atoms with van der Waals surface area (Å²) in [5.41, 5.74) is 1.95. The highest BCUT2D eigenvalue weighted by atomic mass is 35.5. The molecule has 34 heavy (non-hydrogen) atoms. The van der Waals surface area contributed by atoms with Crippen LogP contribution in [-0.2, 0) is 16.1 Å². The number of nitrogens with one attached hydrogen (secondary N) is 1. The van der Waals surface area contributed by atoms with Crippen LogP contribution in [0.1, 0.15) is 55.7 Å². The number of piperidine rings is 1. The van der Waals surface area contributed by atoms with Crippen LogP contribution in [0.4, 0.5) is 0 Å². The summed E-state index contributed by atoms with van der Waals surface area (Å²) < 4.78 is 0. The molecule has 7 heteroatoms. The van der Waals surface area contributed by atoms with Gasteiger partial charge in [0, 0.05) is 43.0 Å². The van der Waals surface area contributed by atoms with Gasteiger partial charge in [0.1, 0.15) is 0 Å². The van der Waals surface area contributed by atoms with Gasteiger partial charge in [-0.15, -0.1) is 0 Å². The molecule has 2 aromatic rings. The van der Waals surface area contributed by atoms with E-state index < -0.39 is 0 Å².